The summed E-state index contributed by atoms with van der Waals surface area (Å²) >= 11 is 0. The van der Waals surface area contributed by atoms with Crippen LogP contribution in [0.2, 0.25) is 0 Å². The van der Waals surface area contributed by atoms with Crippen LogP contribution in [0.25, 0.3) is 54.8 Å². The molecule has 1 unspecified atom stereocenters. The molecule has 0 radical (unpaired) electrons. The molecule has 7 heterocycles. The first-order valence-corrected chi connectivity index (χ1v) is 13.1. The van der Waals surface area contributed by atoms with Gasteiger partial charge in [0, 0.05) is 33.7 Å². The highest BCUT2D eigenvalue weighted by atomic mass is 16.5. The van der Waals surface area contributed by atoms with Crippen molar-refractivity contribution in [1.82, 2.24) is 9.08 Å². The number of nitrogens with zero attached hydrogens (tertiary/aromatic N) is 4. The minimum Gasteiger partial charge on any atom is -0.456 e. The van der Waals surface area contributed by atoms with Crippen molar-refractivity contribution in [2.45, 2.75) is 5.66 Å². The molecule has 5 nitrogen and oxygen atoms in total. The Labute approximate surface area is 215 Å². The average Bonchev–Trinajstić information content (AvgIpc) is 3.65. The second kappa shape index (κ2) is 5.55. The lowest BCUT2D eigenvalue weighted by atomic mass is 9.83. The average molecular weight is 487 g/mol. The van der Waals surface area contributed by atoms with Gasteiger partial charge >= 0.3 is 5.66 Å². The van der Waals surface area contributed by atoms with Crippen LogP contribution in [0.4, 0.5) is 0 Å². The predicted molar refractivity (Wildman–Crippen MR) is 145 cm³/mol. The SMILES string of the molecule is c1cc[n+]2c(c1)-n1c3ccccc3c3ccc4c(c31)C21c2c(ccc3c5ccccc5c5cc[n+]1n5c23)O4. The third-order valence-electron chi connectivity index (χ3n) is 9.13. The zero-order valence-electron chi connectivity index (χ0n) is 20.1. The van der Waals surface area contributed by atoms with Crippen LogP contribution >= 0.6 is 0 Å². The molecule has 0 amide bonds. The number of hydrogen-bond acceptors (Lipinski definition) is 1. The van der Waals surface area contributed by atoms with Crippen molar-refractivity contribution < 1.29 is 14.0 Å². The van der Waals surface area contributed by atoms with Crippen LogP contribution in [-0.2, 0) is 5.66 Å². The van der Waals surface area contributed by atoms with E-state index < -0.39 is 5.66 Å². The van der Waals surface area contributed by atoms with E-state index in [2.05, 4.69) is 128 Å². The van der Waals surface area contributed by atoms with E-state index in [9.17, 15) is 0 Å². The third kappa shape index (κ3) is 1.60. The summed E-state index contributed by atoms with van der Waals surface area (Å²) in [5, 5.41) is 6.29. The molecule has 0 aliphatic carbocycles. The number of hydrogen-bond donors (Lipinski definition) is 0. The Balaban J connectivity index is 1.50. The van der Waals surface area contributed by atoms with Gasteiger partial charge in [0.1, 0.15) is 28.0 Å². The van der Waals surface area contributed by atoms with Crippen LogP contribution in [0.5, 0.6) is 11.5 Å². The van der Waals surface area contributed by atoms with E-state index in [0.717, 1.165) is 17.3 Å². The van der Waals surface area contributed by atoms with Crippen LogP contribution in [0.15, 0.2) is 109 Å². The van der Waals surface area contributed by atoms with Gasteiger partial charge in [-0.3, -0.25) is 0 Å². The first-order valence-electron chi connectivity index (χ1n) is 13.1. The van der Waals surface area contributed by atoms with E-state index in [1.807, 2.05) is 0 Å². The van der Waals surface area contributed by atoms with Crippen molar-refractivity contribution in [2.75, 3.05) is 0 Å². The molecule has 3 aliphatic rings. The molecule has 0 N–H and O–H groups in total. The van der Waals surface area contributed by atoms with E-state index in [4.69, 9.17) is 4.74 Å². The molecule has 8 aromatic rings. The Morgan fingerprint density at radius 1 is 0.553 bits per heavy atom. The molecule has 0 saturated heterocycles. The van der Waals surface area contributed by atoms with E-state index >= 15 is 0 Å². The normalized spacial score (nSPS) is 17.8. The molecule has 11 rings (SSSR count). The number of benzene rings is 4. The monoisotopic (exact) mass is 486 g/mol. The molecular formula is C33H18N4O+2. The van der Waals surface area contributed by atoms with E-state index in [0.29, 0.717) is 0 Å². The third-order valence-corrected chi connectivity index (χ3v) is 9.13. The number of ether oxygens (including phenoxy) is 1. The van der Waals surface area contributed by atoms with Gasteiger partial charge in [-0.2, -0.15) is 9.13 Å². The van der Waals surface area contributed by atoms with Crippen molar-refractivity contribution in [3.05, 3.63) is 121 Å². The minimum atomic E-state index is -0.616. The quantitative estimate of drug-likeness (QED) is 0.192. The number of fused-ring (bicyclic) bond motifs is 8. The summed E-state index contributed by atoms with van der Waals surface area (Å²) in [5.41, 5.74) is 6.65. The Morgan fingerprint density at radius 2 is 1.24 bits per heavy atom. The molecule has 4 aromatic heterocycles. The highest BCUT2D eigenvalue weighted by molar-refractivity contribution is 6.15. The Hall–Kier alpha value is -5.16. The maximum absolute atomic E-state index is 6.80. The largest absolute Gasteiger partial charge is 0.456 e. The molecule has 1 atom stereocenters. The van der Waals surface area contributed by atoms with E-state index in [1.165, 1.54) is 60.1 Å². The Morgan fingerprint density at radius 3 is 2.08 bits per heavy atom. The second-order valence-electron chi connectivity index (χ2n) is 10.6. The standard InChI is InChI=1S/C33H18N4O/c1-2-8-20-19(7-1)22-12-14-27-30-32(22)37-25(20)16-18-35(37)33(30)29-26(38-27)15-13-23-21-9-3-4-10-24(21)36(31(23)29)28-11-5-6-17-34(28)33/h1-18H/q+2. The maximum Gasteiger partial charge on any atom is 0.397 e. The summed E-state index contributed by atoms with van der Waals surface area (Å²) in [5.74, 6) is 2.98. The molecule has 0 fully saturated rings. The lowest BCUT2D eigenvalue weighted by Crippen LogP contribution is -2.76. The summed E-state index contributed by atoms with van der Waals surface area (Å²) < 4.78 is 16.6. The van der Waals surface area contributed by atoms with Gasteiger partial charge in [-0.05, 0) is 47.9 Å². The molecule has 0 saturated carbocycles. The topological polar surface area (TPSA) is 26.3 Å². The molecular weight excluding hydrogens is 468 g/mol. The Bertz CT molecular complexity index is 2450. The number of rotatable bonds is 0. The van der Waals surface area contributed by atoms with Gasteiger partial charge < -0.3 is 4.74 Å². The van der Waals surface area contributed by atoms with Crippen molar-refractivity contribution in [1.29, 1.82) is 0 Å². The fraction of sp³-hybridized carbons (Fsp3) is 0.0303. The zero-order chi connectivity index (χ0) is 24.3. The van der Waals surface area contributed by atoms with Crippen LogP contribution in [-0.4, -0.2) is 9.08 Å². The van der Waals surface area contributed by atoms with Gasteiger partial charge in [-0.25, -0.2) is 0 Å². The van der Waals surface area contributed by atoms with E-state index in [-0.39, 0.29) is 0 Å². The number of para-hydroxylation sites is 1. The summed E-state index contributed by atoms with van der Waals surface area (Å²) in [6, 6.07) is 35.1. The lowest BCUT2D eigenvalue weighted by molar-refractivity contribution is -0.991. The predicted octanol–water partition coefficient (Wildman–Crippen LogP) is 5.95. The molecule has 5 heteroatoms. The van der Waals surface area contributed by atoms with Crippen LogP contribution in [0.3, 0.4) is 0 Å². The summed E-state index contributed by atoms with van der Waals surface area (Å²) in [7, 11) is 0. The van der Waals surface area contributed by atoms with Gasteiger partial charge in [0.25, 0.3) is 5.82 Å². The maximum atomic E-state index is 6.80. The molecule has 0 bridgehead atoms. The second-order valence-corrected chi connectivity index (χ2v) is 10.6. The number of aromatic nitrogens is 4. The van der Waals surface area contributed by atoms with Gasteiger partial charge in [-0.15, -0.1) is 4.52 Å². The number of pyridine rings is 2. The molecule has 38 heavy (non-hydrogen) atoms. The Kier molecular flexibility index (Phi) is 2.65. The molecule has 3 aliphatic heterocycles. The van der Waals surface area contributed by atoms with Gasteiger partial charge in [0.05, 0.1) is 6.20 Å². The fourth-order valence-electron chi connectivity index (χ4n) is 7.87. The van der Waals surface area contributed by atoms with E-state index in [1.54, 1.807) is 0 Å². The van der Waals surface area contributed by atoms with Crippen LogP contribution in [0.1, 0.15) is 11.1 Å². The molecule has 4 aromatic carbocycles. The summed E-state index contributed by atoms with van der Waals surface area (Å²) in [6.45, 7) is 0. The zero-order valence-corrected chi connectivity index (χ0v) is 20.1. The molecule has 1 spiro atoms. The summed E-state index contributed by atoms with van der Waals surface area (Å²) in [6.07, 6.45) is 4.50. The van der Waals surface area contributed by atoms with Gasteiger partial charge in [0.15, 0.2) is 16.6 Å². The first-order chi connectivity index (χ1) is 18.9. The van der Waals surface area contributed by atoms with Crippen molar-refractivity contribution in [2.24, 2.45) is 0 Å². The fourth-order valence-corrected chi connectivity index (χ4v) is 7.87. The molecule has 174 valence electrons. The lowest BCUT2D eigenvalue weighted by Gasteiger charge is -2.32. The highest BCUT2D eigenvalue weighted by Crippen LogP contribution is 2.55. The smallest absolute Gasteiger partial charge is 0.397 e. The first kappa shape index (κ1) is 18.1. The highest BCUT2D eigenvalue weighted by Gasteiger charge is 2.67. The summed E-state index contributed by atoms with van der Waals surface area (Å²) in [4.78, 5) is 0. The van der Waals surface area contributed by atoms with Crippen LogP contribution in [0, 0.1) is 0 Å². The minimum absolute atomic E-state index is 0.616. The van der Waals surface area contributed by atoms with Crippen molar-refractivity contribution in [3.63, 3.8) is 0 Å². The van der Waals surface area contributed by atoms with Gasteiger partial charge in [-0.1, -0.05) is 47.1 Å². The van der Waals surface area contributed by atoms with Crippen molar-refractivity contribution >= 4 is 49.0 Å². The van der Waals surface area contributed by atoms with Crippen LogP contribution < -0.4 is 14.0 Å². The van der Waals surface area contributed by atoms with Gasteiger partial charge in [0.2, 0.25) is 6.20 Å². The van der Waals surface area contributed by atoms with Crippen molar-refractivity contribution in [3.8, 4) is 17.3 Å².